The van der Waals surface area contributed by atoms with E-state index in [1.807, 2.05) is 12.1 Å². The van der Waals surface area contributed by atoms with E-state index in [-0.39, 0.29) is 12.5 Å². The number of nitrogens with zero attached hydrogens (tertiary/aromatic N) is 6. The summed E-state index contributed by atoms with van der Waals surface area (Å²) in [5.41, 5.74) is 10.2. The summed E-state index contributed by atoms with van der Waals surface area (Å²) < 4.78 is 10.9. The molecule has 0 aliphatic rings. The summed E-state index contributed by atoms with van der Waals surface area (Å²) in [4.78, 5) is 19.0. The molecule has 3 aromatic rings. The summed E-state index contributed by atoms with van der Waals surface area (Å²) in [7, 11) is 0. The first-order chi connectivity index (χ1) is 15.2. The van der Waals surface area contributed by atoms with Gasteiger partial charge in [-0.1, -0.05) is 28.5 Å². The Bertz CT molecular complexity index is 1040. The van der Waals surface area contributed by atoms with Crippen molar-refractivity contribution in [2.24, 2.45) is 5.11 Å². The molecule has 1 amide bonds. The summed E-state index contributed by atoms with van der Waals surface area (Å²) in [6.45, 7) is 1.26. The van der Waals surface area contributed by atoms with E-state index in [4.69, 9.17) is 26.3 Å². The number of nitrogens with one attached hydrogen (secondary N) is 1. The van der Waals surface area contributed by atoms with Crippen molar-refractivity contribution in [3.8, 4) is 11.5 Å². The molecule has 0 fully saturated rings. The largest absolute Gasteiger partial charge is 0.411 e. The van der Waals surface area contributed by atoms with E-state index in [9.17, 15) is 4.79 Å². The van der Waals surface area contributed by atoms with Crippen LogP contribution in [0.5, 0.6) is 0 Å². The van der Waals surface area contributed by atoms with Crippen LogP contribution in [0, 0.1) is 0 Å². The molecule has 0 unspecified atom stereocenters. The number of hydrogen-bond donors (Lipinski definition) is 1. The molecule has 1 N–H and O–H groups in total. The normalized spacial score (nSPS) is 10.5. The van der Waals surface area contributed by atoms with Gasteiger partial charge in [0.1, 0.15) is 0 Å². The minimum absolute atomic E-state index is 0.241. The lowest BCUT2D eigenvalue weighted by Gasteiger charge is -2.06. The molecule has 0 radical (unpaired) electrons. The number of pyridine rings is 1. The second-order valence-electron chi connectivity index (χ2n) is 6.03. The van der Waals surface area contributed by atoms with E-state index in [1.165, 1.54) is 18.0 Å². The zero-order valence-electron chi connectivity index (χ0n) is 16.3. The lowest BCUT2D eigenvalue weighted by atomic mass is 10.2. The fourth-order valence-electron chi connectivity index (χ4n) is 2.35. The molecule has 1 aromatic carbocycles. The monoisotopic (exact) mass is 459 g/mol. The number of aromatic nitrogens is 3. The van der Waals surface area contributed by atoms with Crippen LogP contribution in [0.15, 0.2) is 57.3 Å². The van der Waals surface area contributed by atoms with Gasteiger partial charge in [-0.3, -0.25) is 9.78 Å². The number of hydrogen-bond acceptors (Lipinski definition) is 8. The number of thioether (sulfide) groups is 1. The maximum absolute atomic E-state index is 12.1. The number of carbonyl (C=O) groups excluding carboxylic acids is 1. The fourth-order valence-corrected chi connectivity index (χ4v) is 3.15. The molecule has 10 nitrogen and oxygen atoms in total. The first-order valence-corrected chi connectivity index (χ1v) is 10.6. The third kappa shape index (κ3) is 7.26. The summed E-state index contributed by atoms with van der Waals surface area (Å²) in [6.07, 6.45) is 1.51. The van der Waals surface area contributed by atoms with Crippen molar-refractivity contribution in [1.82, 2.24) is 20.5 Å². The maximum Gasteiger partial charge on any atom is 0.277 e. The average Bonchev–Trinajstić information content (AvgIpc) is 3.27. The van der Waals surface area contributed by atoms with Gasteiger partial charge in [0.15, 0.2) is 0 Å². The molecule has 31 heavy (non-hydrogen) atoms. The van der Waals surface area contributed by atoms with Gasteiger partial charge in [0.05, 0.1) is 24.5 Å². The van der Waals surface area contributed by atoms with E-state index in [2.05, 4.69) is 30.5 Å². The molecule has 0 bridgehead atoms. The van der Waals surface area contributed by atoms with Crippen molar-refractivity contribution in [1.29, 1.82) is 0 Å². The van der Waals surface area contributed by atoms with E-state index in [0.717, 1.165) is 11.3 Å². The number of halogens is 1. The topological polar surface area (TPSA) is 139 Å². The summed E-state index contributed by atoms with van der Waals surface area (Å²) in [5.74, 6) is 0.694. The molecule has 0 saturated heterocycles. The summed E-state index contributed by atoms with van der Waals surface area (Å²) in [5, 5.41) is 15.2. The van der Waals surface area contributed by atoms with E-state index >= 15 is 0 Å². The van der Waals surface area contributed by atoms with E-state index in [0.29, 0.717) is 47.2 Å². The number of amides is 1. The number of rotatable bonds is 11. The highest BCUT2D eigenvalue weighted by atomic mass is 35.5. The van der Waals surface area contributed by atoms with Crippen LogP contribution >= 0.6 is 23.4 Å². The highest BCUT2D eigenvalue weighted by Gasteiger charge is 2.10. The molecular weight excluding hydrogens is 442 g/mol. The van der Waals surface area contributed by atoms with Crippen molar-refractivity contribution in [3.05, 3.63) is 69.3 Å². The van der Waals surface area contributed by atoms with Gasteiger partial charge in [0.2, 0.25) is 5.89 Å². The Morgan fingerprint density at radius 1 is 1.23 bits per heavy atom. The Balaban J connectivity index is 1.42. The van der Waals surface area contributed by atoms with Gasteiger partial charge in [0.25, 0.3) is 11.1 Å². The Morgan fingerprint density at radius 2 is 2.06 bits per heavy atom. The quantitative estimate of drug-likeness (QED) is 0.149. The van der Waals surface area contributed by atoms with Gasteiger partial charge in [0, 0.05) is 40.5 Å². The third-order valence-corrected chi connectivity index (χ3v) is 4.96. The van der Waals surface area contributed by atoms with Crippen molar-refractivity contribution in [3.63, 3.8) is 0 Å². The average molecular weight is 460 g/mol. The van der Waals surface area contributed by atoms with Crippen LogP contribution in [0.2, 0.25) is 5.02 Å². The number of azide groups is 1. The third-order valence-electron chi connectivity index (χ3n) is 3.86. The van der Waals surface area contributed by atoms with Crippen molar-refractivity contribution < 1.29 is 13.9 Å². The number of ether oxygens (including phenoxy) is 1. The lowest BCUT2D eigenvalue weighted by molar-refractivity contribution is 0.0919. The molecule has 0 aliphatic carbocycles. The van der Waals surface area contributed by atoms with Gasteiger partial charge >= 0.3 is 0 Å². The van der Waals surface area contributed by atoms with Crippen LogP contribution in [0.25, 0.3) is 21.9 Å². The molecule has 2 heterocycles. The molecule has 0 aliphatic heterocycles. The minimum atomic E-state index is -0.241. The van der Waals surface area contributed by atoms with Gasteiger partial charge in [-0.15, -0.1) is 10.2 Å². The molecule has 3 rings (SSSR count). The summed E-state index contributed by atoms with van der Waals surface area (Å²) in [6, 6.07) is 10.6. The van der Waals surface area contributed by atoms with Gasteiger partial charge in [-0.05, 0) is 41.9 Å². The zero-order chi connectivity index (χ0) is 21.9. The van der Waals surface area contributed by atoms with Crippen molar-refractivity contribution in [2.75, 3.05) is 26.3 Å². The highest BCUT2D eigenvalue weighted by molar-refractivity contribution is 7.98. The van der Waals surface area contributed by atoms with Gasteiger partial charge in [-0.2, -0.15) is 0 Å². The molecule has 0 atom stereocenters. The lowest BCUT2D eigenvalue weighted by Crippen LogP contribution is -2.27. The standard InChI is InChI=1S/C19H18ClN7O3S/c20-15-4-1-13(2-5-15)18-25-26-19(30-18)31-12-16-6-3-14(11-23-16)17(28)22-7-9-29-10-8-24-27-21/h1-6,11H,7-10,12H2,(H,22,28). The molecule has 160 valence electrons. The minimum Gasteiger partial charge on any atom is -0.411 e. The smallest absolute Gasteiger partial charge is 0.277 e. The van der Waals surface area contributed by atoms with E-state index in [1.54, 1.807) is 24.3 Å². The maximum atomic E-state index is 12.1. The Hall–Kier alpha value is -3.11. The van der Waals surface area contributed by atoms with Crippen LogP contribution in [0.3, 0.4) is 0 Å². The second-order valence-corrected chi connectivity index (χ2v) is 7.39. The predicted molar refractivity (Wildman–Crippen MR) is 116 cm³/mol. The van der Waals surface area contributed by atoms with Crippen molar-refractivity contribution in [2.45, 2.75) is 11.0 Å². The van der Waals surface area contributed by atoms with Crippen LogP contribution in [0.4, 0.5) is 0 Å². The van der Waals surface area contributed by atoms with Crippen LogP contribution < -0.4 is 5.32 Å². The Labute approximate surface area is 187 Å². The molecule has 2 aromatic heterocycles. The number of carbonyl (C=O) groups is 1. The summed E-state index contributed by atoms with van der Waals surface area (Å²) >= 11 is 7.24. The fraction of sp³-hybridized carbons (Fsp3) is 0.263. The number of benzene rings is 1. The Kier molecular flexibility index (Phi) is 8.68. The van der Waals surface area contributed by atoms with E-state index < -0.39 is 0 Å². The molecule has 12 heteroatoms. The van der Waals surface area contributed by atoms with Crippen LogP contribution in [0.1, 0.15) is 16.1 Å². The molecule has 0 spiro atoms. The van der Waals surface area contributed by atoms with Gasteiger partial charge in [-0.25, -0.2) is 0 Å². The SMILES string of the molecule is [N-]=[N+]=NCCOCCNC(=O)c1ccc(CSc2nnc(-c3ccc(Cl)cc3)o2)nc1. The molecular formula is C19H18ClN7O3S. The van der Waals surface area contributed by atoms with Crippen molar-refractivity contribution >= 4 is 29.3 Å². The van der Waals surface area contributed by atoms with Gasteiger partial charge < -0.3 is 14.5 Å². The first-order valence-electron chi connectivity index (χ1n) is 9.19. The highest BCUT2D eigenvalue weighted by Crippen LogP contribution is 2.26. The Morgan fingerprint density at radius 3 is 2.81 bits per heavy atom. The second kappa shape index (κ2) is 11.9. The predicted octanol–water partition coefficient (Wildman–Crippen LogP) is 4.13. The molecule has 0 saturated carbocycles. The van der Waals surface area contributed by atoms with Crippen LogP contribution in [-0.4, -0.2) is 47.4 Å². The first kappa shape index (κ1) is 22.6. The van der Waals surface area contributed by atoms with Crippen LogP contribution in [-0.2, 0) is 10.5 Å². The zero-order valence-corrected chi connectivity index (χ0v) is 17.8.